The zero-order valence-corrected chi connectivity index (χ0v) is 11.0. The van der Waals surface area contributed by atoms with Crippen molar-refractivity contribution in [3.05, 3.63) is 72.1 Å². The number of carbonyl (C=O) groups is 1. The lowest BCUT2D eigenvalue weighted by atomic mass is 10.1. The van der Waals surface area contributed by atoms with E-state index in [1.54, 1.807) is 12.4 Å². The van der Waals surface area contributed by atoms with Gasteiger partial charge in [-0.25, -0.2) is 4.79 Å². The van der Waals surface area contributed by atoms with Crippen molar-refractivity contribution in [2.24, 2.45) is 11.5 Å². The van der Waals surface area contributed by atoms with Crippen molar-refractivity contribution < 1.29 is 9.50 Å². The Kier molecular flexibility index (Phi) is 8.87. The smallest absolute Gasteiger partial charge is 0.309 e. The normalized spacial score (nSPS) is 9.80. The number of halogens is 1. The van der Waals surface area contributed by atoms with E-state index >= 15 is 0 Å². The van der Waals surface area contributed by atoms with Crippen molar-refractivity contribution >= 4 is 12.1 Å². The summed E-state index contributed by atoms with van der Waals surface area (Å²) in [7, 11) is 0. The Bertz CT molecular complexity index is 499. The van der Waals surface area contributed by atoms with Crippen molar-refractivity contribution in [3.8, 4) is 0 Å². The van der Waals surface area contributed by atoms with Gasteiger partial charge in [0.2, 0.25) is 0 Å². The number of carbonyl (C=O) groups excluding carboxylic acids is 1. The third-order valence-corrected chi connectivity index (χ3v) is 2.26. The van der Waals surface area contributed by atoms with Crippen LogP contribution < -0.4 is 11.5 Å². The SMILES string of the molecule is C1=Cc2ccccc2C1.F.NC(N)=O.c1ccncc1. The topological polar surface area (TPSA) is 82.0 Å². The average Bonchev–Trinajstić information content (AvgIpc) is 2.89. The fourth-order valence-corrected chi connectivity index (χ4v) is 1.51. The van der Waals surface area contributed by atoms with Crippen LogP contribution >= 0.6 is 0 Å². The molecule has 3 rings (SSSR count). The van der Waals surface area contributed by atoms with Gasteiger partial charge in [0.1, 0.15) is 0 Å². The molecule has 0 unspecified atom stereocenters. The Morgan fingerprint density at radius 2 is 1.60 bits per heavy atom. The van der Waals surface area contributed by atoms with Gasteiger partial charge >= 0.3 is 6.03 Å². The number of fused-ring (bicyclic) bond motifs is 1. The maximum absolute atomic E-state index is 9.00. The molecule has 2 amide bonds. The van der Waals surface area contributed by atoms with E-state index in [4.69, 9.17) is 4.79 Å². The van der Waals surface area contributed by atoms with Crippen LogP contribution in [0, 0.1) is 0 Å². The molecular formula is C15H18FN3O. The van der Waals surface area contributed by atoms with E-state index < -0.39 is 6.03 Å². The van der Waals surface area contributed by atoms with Crippen LogP contribution in [0.25, 0.3) is 6.08 Å². The summed E-state index contributed by atoms with van der Waals surface area (Å²) in [6.07, 6.45) is 9.00. The molecule has 4 nitrogen and oxygen atoms in total. The molecule has 0 radical (unpaired) electrons. The number of rotatable bonds is 0. The van der Waals surface area contributed by atoms with Crippen LogP contribution in [0.15, 0.2) is 60.9 Å². The molecule has 1 aromatic carbocycles. The Balaban J connectivity index is 0.000000290. The Morgan fingerprint density at radius 3 is 2.05 bits per heavy atom. The van der Waals surface area contributed by atoms with E-state index in [9.17, 15) is 0 Å². The van der Waals surface area contributed by atoms with Crippen LogP contribution in [0.2, 0.25) is 0 Å². The van der Waals surface area contributed by atoms with Crippen LogP contribution in [0.1, 0.15) is 11.1 Å². The lowest BCUT2D eigenvalue weighted by Gasteiger charge is -1.93. The first-order chi connectivity index (χ1) is 9.20. The molecule has 4 N–H and O–H groups in total. The van der Waals surface area contributed by atoms with Gasteiger partial charge in [-0.1, -0.05) is 42.5 Å². The van der Waals surface area contributed by atoms with E-state index in [1.165, 1.54) is 11.1 Å². The van der Waals surface area contributed by atoms with Gasteiger partial charge < -0.3 is 11.5 Å². The summed E-state index contributed by atoms with van der Waals surface area (Å²) in [5, 5.41) is 0. The summed E-state index contributed by atoms with van der Waals surface area (Å²) in [6.45, 7) is 0. The first-order valence-electron chi connectivity index (χ1n) is 5.84. The van der Waals surface area contributed by atoms with Crippen molar-refractivity contribution in [1.29, 1.82) is 0 Å². The number of allylic oxidation sites excluding steroid dienone is 1. The Hall–Kier alpha value is -2.69. The average molecular weight is 275 g/mol. The standard InChI is InChI=1S/C9H8.C5H5N.CH4N2O.FH/c1-2-5-9-7-3-6-8(9)4-1;1-2-4-6-5-3-1;2-1(3)4;/h1-6H,7H2;1-5H;(H4,2,3,4);1H. The Labute approximate surface area is 117 Å². The van der Waals surface area contributed by atoms with Gasteiger partial charge in [-0.2, -0.15) is 0 Å². The van der Waals surface area contributed by atoms with Crippen LogP contribution in [0.4, 0.5) is 9.50 Å². The number of nitrogens with two attached hydrogens (primary N) is 2. The molecule has 106 valence electrons. The first kappa shape index (κ1) is 17.3. The van der Waals surface area contributed by atoms with Gasteiger partial charge in [-0.3, -0.25) is 9.69 Å². The van der Waals surface area contributed by atoms with Gasteiger partial charge in [0.05, 0.1) is 0 Å². The largest absolute Gasteiger partial charge is 0.352 e. The molecule has 2 aromatic rings. The highest BCUT2D eigenvalue weighted by Gasteiger charge is 2.00. The molecule has 0 saturated carbocycles. The molecule has 0 fully saturated rings. The van der Waals surface area contributed by atoms with Crippen LogP contribution in [-0.4, -0.2) is 11.0 Å². The van der Waals surface area contributed by atoms with Crippen LogP contribution in [0.5, 0.6) is 0 Å². The number of benzene rings is 1. The fourth-order valence-electron chi connectivity index (χ4n) is 1.51. The molecule has 0 spiro atoms. The van der Waals surface area contributed by atoms with Gasteiger partial charge in [0.25, 0.3) is 0 Å². The molecule has 0 atom stereocenters. The second-order valence-corrected chi connectivity index (χ2v) is 3.73. The third-order valence-electron chi connectivity index (χ3n) is 2.26. The van der Waals surface area contributed by atoms with E-state index in [-0.39, 0.29) is 4.70 Å². The molecule has 1 aromatic heterocycles. The molecule has 0 bridgehead atoms. The van der Waals surface area contributed by atoms with E-state index in [2.05, 4.69) is 52.9 Å². The minimum Gasteiger partial charge on any atom is -0.352 e. The van der Waals surface area contributed by atoms with Crippen LogP contribution in [-0.2, 0) is 6.42 Å². The molecular weight excluding hydrogens is 257 g/mol. The second-order valence-electron chi connectivity index (χ2n) is 3.73. The molecule has 5 heteroatoms. The van der Waals surface area contributed by atoms with Crippen LogP contribution in [0.3, 0.4) is 0 Å². The van der Waals surface area contributed by atoms with Crippen molar-refractivity contribution in [1.82, 2.24) is 4.98 Å². The quantitative estimate of drug-likeness (QED) is 0.774. The molecule has 1 aliphatic rings. The fraction of sp³-hybridized carbons (Fsp3) is 0.0667. The zero-order chi connectivity index (χ0) is 13.9. The number of aromatic nitrogens is 1. The van der Waals surface area contributed by atoms with Crippen molar-refractivity contribution in [2.45, 2.75) is 6.42 Å². The van der Waals surface area contributed by atoms with Gasteiger partial charge in [0, 0.05) is 12.4 Å². The minimum atomic E-state index is -0.833. The summed E-state index contributed by atoms with van der Waals surface area (Å²) in [6, 6.07) is 13.4. The molecule has 1 heterocycles. The first-order valence-corrected chi connectivity index (χ1v) is 5.84. The summed E-state index contributed by atoms with van der Waals surface area (Å²) in [5.41, 5.74) is 11.3. The van der Waals surface area contributed by atoms with E-state index in [0.717, 1.165) is 6.42 Å². The second kappa shape index (κ2) is 10.3. The van der Waals surface area contributed by atoms with Gasteiger partial charge in [-0.15, -0.1) is 0 Å². The predicted octanol–water partition coefficient (Wildman–Crippen LogP) is 2.51. The number of primary amides is 2. The van der Waals surface area contributed by atoms with Gasteiger partial charge in [-0.05, 0) is 29.7 Å². The highest BCUT2D eigenvalue weighted by Crippen LogP contribution is 2.17. The number of nitrogens with zero attached hydrogens (tertiary/aromatic N) is 1. The highest BCUT2D eigenvalue weighted by atomic mass is 19.0. The lowest BCUT2D eigenvalue weighted by molar-refractivity contribution is 0.256. The summed E-state index contributed by atoms with van der Waals surface area (Å²) < 4.78 is 0. The molecule has 0 aliphatic heterocycles. The number of hydrogen-bond donors (Lipinski definition) is 2. The zero-order valence-electron chi connectivity index (χ0n) is 11.0. The predicted molar refractivity (Wildman–Crippen MR) is 79.7 cm³/mol. The number of hydrogen-bond acceptors (Lipinski definition) is 2. The van der Waals surface area contributed by atoms with E-state index in [0.29, 0.717) is 0 Å². The Morgan fingerprint density at radius 1 is 1.00 bits per heavy atom. The minimum absolute atomic E-state index is 0. The lowest BCUT2D eigenvalue weighted by Crippen LogP contribution is -2.18. The highest BCUT2D eigenvalue weighted by molar-refractivity contribution is 5.69. The van der Waals surface area contributed by atoms with Gasteiger partial charge in [0.15, 0.2) is 0 Å². The number of pyridine rings is 1. The van der Waals surface area contributed by atoms with Crippen molar-refractivity contribution in [3.63, 3.8) is 0 Å². The molecule has 20 heavy (non-hydrogen) atoms. The molecule has 0 saturated heterocycles. The third kappa shape index (κ3) is 7.60. The number of amides is 2. The maximum atomic E-state index is 9.00. The summed E-state index contributed by atoms with van der Waals surface area (Å²) in [4.78, 5) is 12.8. The summed E-state index contributed by atoms with van der Waals surface area (Å²) in [5.74, 6) is 0. The molecule has 1 aliphatic carbocycles. The monoisotopic (exact) mass is 275 g/mol. The maximum Gasteiger partial charge on any atom is 0.309 e. The summed E-state index contributed by atoms with van der Waals surface area (Å²) >= 11 is 0. The van der Waals surface area contributed by atoms with E-state index in [1.807, 2.05) is 18.2 Å². The van der Waals surface area contributed by atoms with Crippen molar-refractivity contribution in [2.75, 3.05) is 0 Å². The number of urea groups is 1.